The van der Waals surface area contributed by atoms with Gasteiger partial charge in [-0.05, 0) is 31.9 Å². The summed E-state index contributed by atoms with van der Waals surface area (Å²) in [6.45, 7) is 4.76. The lowest BCUT2D eigenvalue weighted by molar-refractivity contribution is -0.148. The van der Waals surface area contributed by atoms with Crippen LogP contribution in [0.3, 0.4) is 0 Å². The molecule has 0 bridgehead atoms. The molecular formula is C21H26N2O5. The van der Waals surface area contributed by atoms with Gasteiger partial charge in [-0.3, -0.25) is 19.3 Å². The van der Waals surface area contributed by atoms with E-state index >= 15 is 0 Å². The first-order valence-corrected chi connectivity index (χ1v) is 9.86. The maximum atomic E-state index is 13.0. The molecule has 1 N–H and O–H groups in total. The smallest absolute Gasteiger partial charge is 0.313 e. The molecule has 7 nitrogen and oxygen atoms in total. The van der Waals surface area contributed by atoms with Crippen LogP contribution in [0, 0.1) is 11.3 Å². The molecule has 3 fully saturated rings. The summed E-state index contributed by atoms with van der Waals surface area (Å²) in [7, 11) is 0. The quantitative estimate of drug-likeness (QED) is 0.790. The van der Waals surface area contributed by atoms with Crippen molar-refractivity contribution < 1.29 is 24.2 Å². The third-order valence-electron chi connectivity index (χ3n) is 6.57. The Hall–Kier alpha value is -2.25. The summed E-state index contributed by atoms with van der Waals surface area (Å²) in [5.74, 6) is -1.19. The highest BCUT2D eigenvalue weighted by molar-refractivity contribution is 6.00. The number of carbonyl (C=O) groups excluding carboxylic acids is 2. The Kier molecular flexibility index (Phi) is 4.97. The van der Waals surface area contributed by atoms with Crippen LogP contribution in [0.1, 0.15) is 40.5 Å². The van der Waals surface area contributed by atoms with Gasteiger partial charge in [-0.2, -0.15) is 0 Å². The van der Waals surface area contributed by atoms with Crippen LogP contribution in [0.15, 0.2) is 24.3 Å². The Balaban J connectivity index is 1.52. The molecule has 1 amide bonds. The summed E-state index contributed by atoms with van der Waals surface area (Å²) in [6, 6.07) is 7.03. The summed E-state index contributed by atoms with van der Waals surface area (Å²) in [6.07, 6.45) is 1.87. The van der Waals surface area contributed by atoms with Crippen LogP contribution in [0.2, 0.25) is 0 Å². The van der Waals surface area contributed by atoms with Crippen molar-refractivity contribution in [3.8, 4) is 0 Å². The Morgan fingerprint density at radius 3 is 2.46 bits per heavy atom. The predicted octanol–water partition coefficient (Wildman–Crippen LogP) is 1.53. The van der Waals surface area contributed by atoms with Crippen molar-refractivity contribution in [2.45, 2.75) is 25.8 Å². The van der Waals surface area contributed by atoms with E-state index in [2.05, 4.69) is 4.90 Å². The molecule has 0 unspecified atom stereocenters. The summed E-state index contributed by atoms with van der Waals surface area (Å²) < 4.78 is 5.43. The predicted molar refractivity (Wildman–Crippen MR) is 101 cm³/mol. The van der Waals surface area contributed by atoms with Gasteiger partial charge in [-0.25, -0.2) is 0 Å². The first-order valence-electron chi connectivity index (χ1n) is 9.86. The zero-order valence-corrected chi connectivity index (χ0v) is 16.1. The number of likely N-dealkylation sites (tertiary alicyclic amines) is 2. The highest BCUT2D eigenvalue weighted by atomic mass is 16.5. The molecule has 0 aliphatic carbocycles. The van der Waals surface area contributed by atoms with Crippen LogP contribution in [0.4, 0.5) is 0 Å². The summed E-state index contributed by atoms with van der Waals surface area (Å²) >= 11 is 0. The number of rotatable bonds is 4. The normalized spacial score (nSPS) is 28.3. The van der Waals surface area contributed by atoms with Crippen LogP contribution >= 0.6 is 0 Å². The number of benzene rings is 1. The summed E-state index contributed by atoms with van der Waals surface area (Å²) in [5, 5.41) is 10.0. The summed E-state index contributed by atoms with van der Waals surface area (Å²) in [5.41, 5.74) is 0.0185. The van der Waals surface area contributed by atoms with Crippen LogP contribution in [0.5, 0.6) is 0 Å². The number of hydrogen-bond donors (Lipinski definition) is 1. The summed E-state index contributed by atoms with van der Waals surface area (Å²) in [4.78, 5) is 40.8. The number of carbonyl (C=O) groups is 3. The number of carboxylic acids is 1. The van der Waals surface area contributed by atoms with E-state index in [-0.39, 0.29) is 24.2 Å². The first-order chi connectivity index (χ1) is 13.4. The van der Waals surface area contributed by atoms with Crippen molar-refractivity contribution in [1.82, 2.24) is 9.80 Å². The fourth-order valence-corrected chi connectivity index (χ4v) is 4.94. The third-order valence-corrected chi connectivity index (χ3v) is 6.57. The average Bonchev–Trinajstić information content (AvgIpc) is 3.24. The van der Waals surface area contributed by atoms with Gasteiger partial charge < -0.3 is 14.7 Å². The molecule has 2 atom stereocenters. The Morgan fingerprint density at radius 1 is 1.11 bits per heavy atom. The van der Waals surface area contributed by atoms with E-state index in [1.807, 2.05) is 0 Å². The third kappa shape index (κ3) is 3.22. The van der Waals surface area contributed by atoms with E-state index in [1.54, 1.807) is 29.2 Å². The van der Waals surface area contributed by atoms with Crippen molar-refractivity contribution >= 4 is 17.7 Å². The minimum Gasteiger partial charge on any atom is -0.481 e. The molecule has 28 heavy (non-hydrogen) atoms. The van der Waals surface area contributed by atoms with E-state index in [1.165, 1.54) is 6.92 Å². The number of fused-ring (bicyclic) bond motifs is 1. The van der Waals surface area contributed by atoms with Gasteiger partial charge in [-0.15, -0.1) is 0 Å². The van der Waals surface area contributed by atoms with Gasteiger partial charge in [-0.1, -0.05) is 12.1 Å². The Labute approximate surface area is 164 Å². The van der Waals surface area contributed by atoms with Gasteiger partial charge in [0.2, 0.25) is 0 Å². The van der Waals surface area contributed by atoms with E-state index in [4.69, 9.17) is 4.74 Å². The van der Waals surface area contributed by atoms with Crippen LogP contribution < -0.4 is 0 Å². The fraction of sp³-hybridized carbons (Fsp3) is 0.571. The number of aliphatic carboxylic acids is 1. The minimum atomic E-state index is -0.911. The van der Waals surface area contributed by atoms with E-state index in [9.17, 15) is 19.5 Å². The molecule has 3 aliphatic rings. The minimum absolute atomic E-state index is 0.0761. The second-order valence-electron chi connectivity index (χ2n) is 8.25. The number of Topliss-reactive ketones (excluding diaryl/α,β-unsaturated/α-hetero) is 1. The zero-order valence-electron chi connectivity index (χ0n) is 16.1. The number of carboxylic acid groups (broad SMARTS) is 1. The van der Waals surface area contributed by atoms with Crippen LogP contribution in [-0.4, -0.2) is 78.0 Å². The molecule has 7 heteroatoms. The van der Waals surface area contributed by atoms with E-state index in [0.717, 1.165) is 26.1 Å². The lowest BCUT2D eigenvalue weighted by Crippen LogP contribution is -2.45. The Bertz CT molecular complexity index is 804. The maximum Gasteiger partial charge on any atom is 0.313 e. The molecule has 150 valence electrons. The zero-order chi connectivity index (χ0) is 19.9. The van der Waals surface area contributed by atoms with Crippen molar-refractivity contribution in [3.63, 3.8) is 0 Å². The number of amides is 1. The lowest BCUT2D eigenvalue weighted by atomic mass is 9.81. The van der Waals surface area contributed by atoms with Crippen molar-refractivity contribution in [3.05, 3.63) is 35.4 Å². The Morgan fingerprint density at radius 2 is 1.82 bits per heavy atom. The molecule has 0 aromatic heterocycles. The van der Waals surface area contributed by atoms with Crippen molar-refractivity contribution in [2.24, 2.45) is 11.3 Å². The molecule has 1 aromatic rings. The van der Waals surface area contributed by atoms with Crippen molar-refractivity contribution in [2.75, 3.05) is 39.4 Å². The van der Waals surface area contributed by atoms with E-state index < -0.39 is 11.4 Å². The highest BCUT2D eigenvalue weighted by Crippen LogP contribution is 2.44. The van der Waals surface area contributed by atoms with E-state index in [0.29, 0.717) is 36.8 Å². The molecule has 4 rings (SSSR count). The molecule has 1 aromatic carbocycles. The monoisotopic (exact) mass is 386 g/mol. The van der Waals surface area contributed by atoms with Gasteiger partial charge in [0, 0.05) is 62.5 Å². The molecule has 3 saturated heterocycles. The number of ketones is 1. The molecular weight excluding hydrogens is 360 g/mol. The number of nitrogens with zero attached hydrogens (tertiary/aromatic N) is 2. The lowest BCUT2D eigenvalue weighted by Gasteiger charge is -2.33. The second-order valence-corrected chi connectivity index (χ2v) is 8.25. The first kappa shape index (κ1) is 19.1. The standard InChI is InChI=1S/C21H26N2O5/c1-14(24)15-3-2-4-16(9-15)19(25)23-11-17-10-22(18-5-7-28-8-6-18)12-21(17,13-23)20(26)27/h2-4,9,17-18H,5-8,10-13H2,1H3,(H,26,27)/t17-,21-/m0/s1. The SMILES string of the molecule is CC(=O)c1cccc(C(=O)N2C[C@@H]3CN(C4CCOCC4)C[C@]3(C(=O)O)C2)c1. The number of hydrogen-bond acceptors (Lipinski definition) is 5. The van der Waals surface area contributed by atoms with Gasteiger partial charge in [0.15, 0.2) is 5.78 Å². The van der Waals surface area contributed by atoms with Crippen molar-refractivity contribution in [1.29, 1.82) is 0 Å². The largest absolute Gasteiger partial charge is 0.481 e. The maximum absolute atomic E-state index is 13.0. The highest BCUT2D eigenvalue weighted by Gasteiger charge is 2.59. The van der Waals surface area contributed by atoms with Gasteiger partial charge in [0.05, 0.1) is 0 Å². The second kappa shape index (κ2) is 7.29. The molecule has 0 radical (unpaired) electrons. The van der Waals surface area contributed by atoms with Crippen LogP contribution in [-0.2, 0) is 9.53 Å². The molecule has 3 heterocycles. The van der Waals surface area contributed by atoms with Crippen LogP contribution in [0.25, 0.3) is 0 Å². The molecule has 0 spiro atoms. The molecule has 3 aliphatic heterocycles. The topological polar surface area (TPSA) is 87.2 Å². The van der Waals surface area contributed by atoms with Gasteiger partial charge in [0.1, 0.15) is 5.41 Å². The molecule has 0 saturated carbocycles. The average molecular weight is 386 g/mol. The fourth-order valence-electron chi connectivity index (χ4n) is 4.94. The number of ether oxygens (including phenoxy) is 1. The van der Waals surface area contributed by atoms with Gasteiger partial charge >= 0.3 is 5.97 Å². The van der Waals surface area contributed by atoms with Gasteiger partial charge in [0.25, 0.3) is 5.91 Å².